The number of aromatic nitrogens is 1. The minimum absolute atomic E-state index is 0.906. The van der Waals surface area contributed by atoms with Crippen LogP contribution in [0.2, 0.25) is 0 Å². The molecule has 2 rings (SSSR count). The Morgan fingerprint density at radius 2 is 2.40 bits per heavy atom. The summed E-state index contributed by atoms with van der Waals surface area (Å²) in [4.78, 5) is 3.22. The fraction of sp³-hybridized carbons (Fsp3) is 0.692. The normalized spacial score (nSPS) is 26.7. The average Bonchev–Trinajstić information content (AvgIpc) is 2.71. The van der Waals surface area contributed by atoms with Gasteiger partial charge in [-0.05, 0) is 43.4 Å². The molecule has 0 saturated heterocycles. The molecular formula is C13H22N2. The van der Waals surface area contributed by atoms with Gasteiger partial charge in [-0.25, -0.2) is 0 Å². The fourth-order valence-electron chi connectivity index (χ4n) is 2.63. The second-order valence-corrected chi connectivity index (χ2v) is 4.96. The van der Waals surface area contributed by atoms with Crippen LogP contribution in [0.4, 0.5) is 0 Å². The number of hydrogen-bond donors (Lipinski definition) is 2. The molecule has 2 unspecified atom stereocenters. The second kappa shape index (κ2) is 5.36. The number of nitrogens with one attached hydrogen (secondary N) is 2. The molecule has 1 aliphatic carbocycles. The maximum absolute atomic E-state index is 3.55. The Bertz CT molecular complexity index is 266. The van der Waals surface area contributed by atoms with Crippen LogP contribution in [0, 0.1) is 11.8 Å². The van der Waals surface area contributed by atoms with E-state index >= 15 is 0 Å². The minimum atomic E-state index is 0.906. The SMILES string of the molecule is CC1CCCC(CNCc2ccc[nH]2)C1. The molecule has 1 aliphatic rings. The van der Waals surface area contributed by atoms with E-state index in [-0.39, 0.29) is 0 Å². The van der Waals surface area contributed by atoms with Crippen LogP contribution >= 0.6 is 0 Å². The van der Waals surface area contributed by atoms with Gasteiger partial charge in [0.1, 0.15) is 0 Å². The number of rotatable bonds is 4. The van der Waals surface area contributed by atoms with E-state index in [9.17, 15) is 0 Å². The molecule has 0 spiro atoms. The van der Waals surface area contributed by atoms with Gasteiger partial charge in [-0.3, -0.25) is 0 Å². The van der Waals surface area contributed by atoms with Gasteiger partial charge >= 0.3 is 0 Å². The monoisotopic (exact) mass is 206 g/mol. The van der Waals surface area contributed by atoms with Crippen LogP contribution in [-0.4, -0.2) is 11.5 Å². The molecule has 1 fully saturated rings. The van der Waals surface area contributed by atoms with Gasteiger partial charge in [0.05, 0.1) is 0 Å². The van der Waals surface area contributed by atoms with Crippen LogP contribution in [-0.2, 0) is 6.54 Å². The van der Waals surface area contributed by atoms with Crippen LogP contribution in [0.25, 0.3) is 0 Å². The summed E-state index contributed by atoms with van der Waals surface area (Å²) in [5.41, 5.74) is 1.29. The molecule has 2 N–H and O–H groups in total. The predicted octanol–water partition coefficient (Wildman–Crippen LogP) is 2.93. The summed E-state index contributed by atoms with van der Waals surface area (Å²) in [6, 6.07) is 4.19. The van der Waals surface area contributed by atoms with Crippen LogP contribution in [0.5, 0.6) is 0 Å². The van der Waals surface area contributed by atoms with Gasteiger partial charge in [0, 0.05) is 18.4 Å². The Hall–Kier alpha value is -0.760. The van der Waals surface area contributed by atoms with E-state index in [1.807, 2.05) is 6.20 Å². The quantitative estimate of drug-likeness (QED) is 0.779. The summed E-state index contributed by atoms with van der Waals surface area (Å²) in [5.74, 6) is 1.85. The first-order valence-electron chi connectivity index (χ1n) is 6.17. The minimum Gasteiger partial charge on any atom is -0.364 e. The first kappa shape index (κ1) is 10.7. The van der Waals surface area contributed by atoms with E-state index < -0.39 is 0 Å². The van der Waals surface area contributed by atoms with Gasteiger partial charge in [0.15, 0.2) is 0 Å². The van der Waals surface area contributed by atoms with E-state index in [0.717, 1.165) is 18.4 Å². The molecule has 0 bridgehead atoms. The highest BCUT2D eigenvalue weighted by atomic mass is 14.9. The molecule has 1 aromatic rings. The van der Waals surface area contributed by atoms with E-state index in [1.54, 1.807) is 0 Å². The zero-order valence-corrected chi connectivity index (χ0v) is 9.63. The summed E-state index contributed by atoms with van der Waals surface area (Å²) in [5, 5.41) is 3.55. The summed E-state index contributed by atoms with van der Waals surface area (Å²) >= 11 is 0. The molecule has 84 valence electrons. The maximum atomic E-state index is 3.55. The van der Waals surface area contributed by atoms with Crippen molar-refractivity contribution in [1.82, 2.24) is 10.3 Å². The zero-order valence-electron chi connectivity index (χ0n) is 9.63. The van der Waals surface area contributed by atoms with E-state index in [1.165, 1.54) is 37.9 Å². The molecule has 0 amide bonds. The highest BCUT2D eigenvalue weighted by Crippen LogP contribution is 2.27. The van der Waals surface area contributed by atoms with Crippen molar-refractivity contribution in [2.75, 3.05) is 6.54 Å². The standard InChI is InChI=1S/C13H22N2/c1-11-4-2-5-12(8-11)9-14-10-13-6-3-7-15-13/h3,6-7,11-12,14-15H,2,4-5,8-10H2,1H3. The summed E-state index contributed by atoms with van der Waals surface area (Å²) in [7, 11) is 0. The van der Waals surface area contributed by atoms with Crippen molar-refractivity contribution in [3.05, 3.63) is 24.0 Å². The first-order valence-corrected chi connectivity index (χ1v) is 6.17. The molecular weight excluding hydrogens is 184 g/mol. The molecule has 1 heterocycles. The van der Waals surface area contributed by atoms with E-state index in [0.29, 0.717) is 0 Å². The van der Waals surface area contributed by atoms with Gasteiger partial charge in [-0.1, -0.05) is 19.8 Å². The molecule has 1 saturated carbocycles. The molecule has 15 heavy (non-hydrogen) atoms. The lowest BCUT2D eigenvalue weighted by molar-refractivity contribution is 0.274. The van der Waals surface area contributed by atoms with Gasteiger partial charge in [-0.15, -0.1) is 0 Å². The van der Waals surface area contributed by atoms with Crippen LogP contribution in [0.15, 0.2) is 18.3 Å². The van der Waals surface area contributed by atoms with Crippen molar-refractivity contribution >= 4 is 0 Å². The Kier molecular flexibility index (Phi) is 3.84. The topological polar surface area (TPSA) is 27.8 Å². The molecule has 1 aromatic heterocycles. The Morgan fingerprint density at radius 3 is 3.13 bits per heavy atom. The van der Waals surface area contributed by atoms with Crippen LogP contribution < -0.4 is 5.32 Å². The second-order valence-electron chi connectivity index (χ2n) is 4.96. The lowest BCUT2D eigenvalue weighted by Gasteiger charge is -2.26. The molecule has 0 aromatic carbocycles. The zero-order chi connectivity index (χ0) is 10.5. The van der Waals surface area contributed by atoms with Gasteiger partial charge < -0.3 is 10.3 Å². The third-order valence-corrected chi connectivity index (χ3v) is 3.46. The molecule has 2 heteroatoms. The van der Waals surface area contributed by atoms with Crippen LogP contribution in [0.1, 0.15) is 38.3 Å². The summed E-state index contributed by atoms with van der Waals surface area (Å²) in [6.07, 6.45) is 7.68. The smallest absolute Gasteiger partial charge is 0.0357 e. The Labute approximate surface area is 92.5 Å². The van der Waals surface area contributed by atoms with Gasteiger partial charge in [0.25, 0.3) is 0 Å². The third-order valence-electron chi connectivity index (χ3n) is 3.46. The number of aromatic amines is 1. The van der Waals surface area contributed by atoms with Gasteiger partial charge in [0.2, 0.25) is 0 Å². The van der Waals surface area contributed by atoms with Crippen molar-refractivity contribution in [3.63, 3.8) is 0 Å². The largest absolute Gasteiger partial charge is 0.364 e. The van der Waals surface area contributed by atoms with E-state index in [4.69, 9.17) is 0 Å². The van der Waals surface area contributed by atoms with E-state index in [2.05, 4.69) is 29.4 Å². The van der Waals surface area contributed by atoms with Gasteiger partial charge in [-0.2, -0.15) is 0 Å². The van der Waals surface area contributed by atoms with Crippen molar-refractivity contribution < 1.29 is 0 Å². The van der Waals surface area contributed by atoms with Crippen molar-refractivity contribution in [2.45, 2.75) is 39.2 Å². The van der Waals surface area contributed by atoms with Crippen molar-refractivity contribution in [2.24, 2.45) is 11.8 Å². The molecule has 2 nitrogen and oxygen atoms in total. The fourth-order valence-corrected chi connectivity index (χ4v) is 2.63. The number of H-pyrrole nitrogens is 1. The number of hydrogen-bond acceptors (Lipinski definition) is 1. The summed E-state index contributed by atoms with van der Waals surface area (Å²) < 4.78 is 0. The Balaban J connectivity index is 1.65. The van der Waals surface area contributed by atoms with Crippen molar-refractivity contribution in [3.8, 4) is 0 Å². The van der Waals surface area contributed by atoms with Crippen LogP contribution in [0.3, 0.4) is 0 Å². The van der Waals surface area contributed by atoms with Crippen molar-refractivity contribution in [1.29, 1.82) is 0 Å². The summed E-state index contributed by atoms with van der Waals surface area (Å²) in [6.45, 7) is 4.55. The molecule has 0 aliphatic heterocycles. The average molecular weight is 206 g/mol. The highest BCUT2D eigenvalue weighted by molar-refractivity contribution is 5.02. The maximum Gasteiger partial charge on any atom is 0.0357 e. The lowest BCUT2D eigenvalue weighted by Crippen LogP contribution is -2.26. The molecule has 0 radical (unpaired) electrons. The lowest BCUT2D eigenvalue weighted by atomic mass is 9.82. The predicted molar refractivity (Wildman–Crippen MR) is 63.6 cm³/mol. The Morgan fingerprint density at radius 1 is 1.47 bits per heavy atom. The third kappa shape index (κ3) is 3.38. The highest BCUT2D eigenvalue weighted by Gasteiger charge is 2.17. The molecule has 2 atom stereocenters. The first-order chi connectivity index (χ1) is 7.34.